The van der Waals surface area contributed by atoms with E-state index in [9.17, 15) is 0 Å². The second-order valence-corrected chi connectivity index (χ2v) is 9.56. The predicted molar refractivity (Wildman–Crippen MR) is 129 cm³/mol. The van der Waals surface area contributed by atoms with E-state index in [-0.39, 0.29) is 0 Å². The van der Waals surface area contributed by atoms with Gasteiger partial charge in [-0.2, -0.15) is 0 Å². The average Bonchev–Trinajstić information content (AvgIpc) is 2.74. The third-order valence-corrected chi connectivity index (χ3v) is 6.49. The fraction of sp³-hybridized carbons (Fsp3) is 0.0435. The molecule has 0 spiro atoms. The number of halogens is 3. The molecule has 0 atom stereocenters. The van der Waals surface area contributed by atoms with Crippen LogP contribution in [-0.4, -0.2) is 9.97 Å². The van der Waals surface area contributed by atoms with Crippen LogP contribution in [0.15, 0.2) is 93.0 Å². The smallest absolute Gasteiger partial charge is 0.189 e. The van der Waals surface area contributed by atoms with Gasteiger partial charge in [-0.15, -0.1) is 0 Å². The Morgan fingerprint density at radius 2 is 1.17 bits per heavy atom. The summed E-state index contributed by atoms with van der Waals surface area (Å²) in [7, 11) is 0. The third-order valence-electron chi connectivity index (χ3n) is 4.27. The van der Waals surface area contributed by atoms with Crippen LogP contribution < -0.4 is 0 Å². The van der Waals surface area contributed by atoms with Crippen LogP contribution in [0.5, 0.6) is 0 Å². The lowest BCUT2D eigenvalue weighted by molar-refractivity contribution is 0.978. The molecule has 0 radical (unpaired) electrons. The van der Waals surface area contributed by atoms with Crippen molar-refractivity contribution in [3.63, 3.8) is 0 Å². The number of thioether (sulfide) groups is 1. The summed E-state index contributed by atoms with van der Waals surface area (Å²) < 4.78 is 2.08. The molecule has 3 aromatic carbocycles. The molecule has 4 rings (SSSR count). The average molecular weight is 547 g/mol. The Hall–Kier alpha value is -1.66. The van der Waals surface area contributed by atoms with Crippen LogP contribution in [0.1, 0.15) is 5.56 Å². The highest BCUT2D eigenvalue weighted by molar-refractivity contribution is 9.10. The van der Waals surface area contributed by atoms with Gasteiger partial charge in [0.2, 0.25) is 0 Å². The fourth-order valence-electron chi connectivity index (χ4n) is 2.76. The lowest BCUT2D eigenvalue weighted by Crippen LogP contribution is -1.95. The second-order valence-electron chi connectivity index (χ2n) is 6.35. The second kappa shape index (κ2) is 9.43. The van der Waals surface area contributed by atoms with E-state index in [4.69, 9.17) is 21.6 Å². The van der Waals surface area contributed by atoms with E-state index in [0.29, 0.717) is 0 Å². The molecule has 29 heavy (non-hydrogen) atoms. The summed E-state index contributed by atoms with van der Waals surface area (Å²) in [6.07, 6.45) is 0. The highest BCUT2D eigenvalue weighted by Crippen LogP contribution is 2.30. The van der Waals surface area contributed by atoms with Crippen molar-refractivity contribution in [3.05, 3.63) is 98.4 Å². The van der Waals surface area contributed by atoms with Crippen molar-refractivity contribution < 1.29 is 0 Å². The number of aromatic nitrogens is 2. The molecule has 0 amide bonds. The molecule has 0 unspecified atom stereocenters. The van der Waals surface area contributed by atoms with Gasteiger partial charge in [-0.25, -0.2) is 9.97 Å². The van der Waals surface area contributed by atoms with Gasteiger partial charge in [-0.05, 0) is 48.0 Å². The third kappa shape index (κ3) is 5.48. The fourth-order valence-corrected chi connectivity index (χ4v) is 4.22. The van der Waals surface area contributed by atoms with E-state index >= 15 is 0 Å². The Morgan fingerprint density at radius 1 is 0.690 bits per heavy atom. The Morgan fingerprint density at radius 3 is 1.66 bits per heavy atom. The van der Waals surface area contributed by atoms with Crippen LogP contribution in [0.3, 0.4) is 0 Å². The first-order valence-electron chi connectivity index (χ1n) is 8.85. The first kappa shape index (κ1) is 20.6. The molecule has 6 heteroatoms. The van der Waals surface area contributed by atoms with Gasteiger partial charge in [0.05, 0.1) is 11.4 Å². The van der Waals surface area contributed by atoms with E-state index in [0.717, 1.165) is 47.4 Å². The quantitative estimate of drug-likeness (QED) is 0.186. The normalized spacial score (nSPS) is 10.9. The maximum absolute atomic E-state index is 5.99. The zero-order chi connectivity index (χ0) is 20.2. The van der Waals surface area contributed by atoms with Gasteiger partial charge in [0, 0.05) is 30.8 Å². The molecule has 0 bridgehead atoms. The van der Waals surface area contributed by atoms with Gasteiger partial charge < -0.3 is 0 Å². The van der Waals surface area contributed by atoms with Crippen LogP contribution in [0.2, 0.25) is 5.02 Å². The minimum atomic E-state index is 0.741. The summed E-state index contributed by atoms with van der Waals surface area (Å²) in [5.41, 5.74) is 5.11. The van der Waals surface area contributed by atoms with Gasteiger partial charge in [-0.3, -0.25) is 0 Å². The zero-order valence-electron chi connectivity index (χ0n) is 15.1. The molecular formula is C23H15Br2ClN2S. The molecule has 0 N–H and O–H groups in total. The van der Waals surface area contributed by atoms with Crippen LogP contribution in [0, 0.1) is 0 Å². The lowest BCUT2D eigenvalue weighted by atomic mass is 10.1. The van der Waals surface area contributed by atoms with E-state index < -0.39 is 0 Å². The van der Waals surface area contributed by atoms with Crippen LogP contribution >= 0.6 is 55.2 Å². The number of hydrogen-bond acceptors (Lipinski definition) is 3. The zero-order valence-corrected chi connectivity index (χ0v) is 19.9. The number of rotatable bonds is 5. The first-order valence-corrected chi connectivity index (χ1v) is 11.8. The van der Waals surface area contributed by atoms with E-state index in [1.54, 1.807) is 11.8 Å². The lowest BCUT2D eigenvalue weighted by Gasteiger charge is -2.09. The molecule has 0 saturated heterocycles. The van der Waals surface area contributed by atoms with Crippen molar-refractivity contribution in [1.29, 1.82) is 0 Å². The molecule has 2 nitrogen and oxygen atoms in total. The minimum Gasteiger partial charge on any atom is -0.222 e. The number of hydrogen-bond donors (Lipinski definition) is 0. The summed E-state index contributed by atoms with van der Waals surface area (Å²) in [5, 5.41) is 1.49. The monoisotopic (exact) mass is 544 g/mol. The summed E-state index contributed by atoms with van der Waals surface area (Å²) in [4.78, 5) is 9.62. The van der Waals surface area contributed by atoms with Crippen molar-refractivity contribution >= 4 is 55.2 Å². The minimum absolute atomic E-state index is 0.741. The van der Waals surface area contributed by atoms with Crippen LogP contribution in [0.25, 0.3) is 22.5 Å². The molecule has 0 aliphatic carbocycles. The highest BCUT2D eigenvalue weighted by atomic mass is 79.9. The number of benzene rings is 3. The Labute approximate surface area is 196 Å². The van der Waals surface area contributed by atoms with Crippen molar-refractivity contribution in [2.75, 3.05) is 0 Å². The van der Waals surface area contributed by atoms with Crippen LogP contribution in [-0.2, 0) is 5.75 Å². The van der Waals surface area contributed by atoms with E-state index in [1.165, 1.54) is 5.56 Å². The predicted octanol–water partition coefficient (Wildman–Crippen LogP) is 8.28. The molecule has 4 aromatic rings. The van der Waals surface area contributed by atoms with Gasteiger partial charge in [0.1, 0.15) is 0 Å². The Balaban J connectivity index is 1.69. The Bertz CT molecular complexity index is 1050. The topological polar surface area (TPSA) is 25.8 Å². The van der Waals surface area contributed by atoms with Crippen molar-refractivity contribution in [1.82, 2.24) is 9.97 Å². The van der Waals surface area contributed by atoms with Gasteiger partial charge in [0.25, 0.3) is 0 Å². The van der Waals surface area contributed by atoms with Gasteiger partial charge in [-0.1, -0.05) is 91.6 Å². The molecule has 0 aliphatic heterocycles. The van der Waals surface area contributed by atoms with Gasteiger partial charge in [0.15, 0.2) is 5.16 Å². The molecule has 0 saturated carbocycles. The molecular weight excluding hydrogens is 532 g/mol. The maximum atomic E-state index is 5.99. The maximum Gasteiger partial charge on any atom is 0.189 e. The standard InChI is InChI=1S/C23H15Br2ClN2S/c24-18-7-3-16(4-8-18)21-13-22(17-5-9-19(25)10-6-17)28-23(27-21)29-14-15-1-11-20(26)12-2-15/h1-13H,14H2. The van der Waals surface area contributed by atoms with Crippen molar-refractivity contribution in [2.45, 2.75) is 10.9 Å². The molecule has 0 aliphatic rings. The summed E-state index contributed by atoms with van der Waals surface area (Å²) in [5.74, 6) is 0.779. The van der Waals surface area contributed by atoms with Crippen molar-refractivity contribution in [2.24, 2.45) is 0 Å². The van der Waals surface area contributed by atoms with Gasteiger partial charge >= 0.3 is 0 Å². The largest absolute Gasteiger partial charge is 0.222 e. The molecule has 144 valence electrons. The summed E-state index contributed by atoms with van der Waals surface area (Å²) in [6.45, 7) is 0. The Kier molecular flexibility index (Phi) is 6.70. The number of nitrogens with zero attached hydrogens (tertiary/aromatic N) is 2. The first-order chi connectivity index (χ1) is 14.1. The van der Waals surface area contributed by atoms with Crippen LogP contribution in [0.4, 0.5) is 0 Å². The molecule has 0 fully saturated rings. The molecule has 1 aromatic heterocycles. The summed E-state index contributed by atoms with van der Waals surface area (Å²) >= 11 is 14.6. The molecule has 1 heterocycles. The van der Waals surface area contributed by atoms with E-state index in [2.05, 4.69) is 56.1 Å². The highest BCUT2D eigenvalue weighted by Gasteiger charge is 2.10. The van der Waals surface area contributed by atoms with Crippen molar-refractivity contribution in [3.8, 4) is 22.5 Å². The SMILES string of the molecule is Clc1ccc(CSc2nc(-c3ccc(Br)cc3)cc(-c3ccc(Br)cc3)n2)cc1. The van der Waals surface area contributed by atoms with E-state index in [1.807, 2.05) is 54.6 Å². The summed E-state index contributed by atoms with van der Waals surface area (Å²) in [6, 6.07) is 26.3.